The molecule has 0 spiro atoms. The van der Waals surface area contributed by atoms with Crippen molar-refractivity contribution in [2.75, 3.05) is 13.2 Å². The van der Waals surface area contributed by atoms with Crippen LogP contribution in [0.3, 0.4) is 0 Å². The zero-order valence-corrected chi connectivity index (χ0v) is 21.4. The van der Waals surface area contributed by atoms with Crippen LogP contribution >= 0.6 is 0 Å². The van der Waals surface area contributed by atoms with Crippen LogP contribution in [0.1, 0.15) is 118 Å². The zero-order chi connectivity index (χ0) is 23.3. The topological polar surface area (TPSA) is 52.6 Å². The standard InChI is InChI=1S/C28H50O4/c1-21(2)13-11-19-31-27(29)25(23-15-7-5-8-16-23)26(24-17-9-6-10-18-24)28(30)32-20-12-14-22(3)4/h21-26H,5-20H2,1-4H3. The van der Waals surface area contributed by atoms with Gasteiger partial charge in [-0.3, -0.25) is 9.59 Å². The van der Waals surface area contributed by atoms with E-state index in [0.717, 1.165) is 77.0 Å². The average molecular weight is 451 g/mol. The predicted molar refractivity (Wildman–Crippen MR) is 130 cm³/mol. The van der Waals surface area contributed by atoms with Crippen LogP contribution in [-0.4, -0.2) is 25.2 Å². The van der Waals surface area contributed by atoms with Gasteiger partial charge in [0.15, 0.2) is 0 Å². The highest BCUT2D eigenvalue weighted by Crippen LogP contribution is 2.42. The molecule has 0 bridgehead atoms. The van der Waals surface area contributed by atoms with Crippen LogP contribution in [0.4, 0.5) is 0 Å². The first-order chi connectivity index (χ1) is 15.4. The van der Waals surface area contributed by atoms with Crippen LogP contribution in [0, 0.1) is 35.5 Å². The summed E-state index contributed by atoms with van der Waals surface area (Å²) in [6, 6.07) is 0. The van der Waals surface area contributed by atoms with E-state index in [0.29, 0.717) is 25.0 Å². The first-order valence-electron chi connectivity index (χ1n) is 13.7. The van der Waals surface area contributed by atoms with Gasteiger partial charge in [-0.15, -0.1) is 0 Å². The molecule has 0 saturated heterocycles. The third kappa shape index (κ3) is 9.43. The van der Waals surface area contributed by atoms with Crippen LogP contribution in [0.25, 0.3) is 0 Å². The van der Waals surface area contributed by atoms with Gasteiger partial charge in [-0.25, -0.2) is 0 Å². The molecule has 0 aromatic rings. The highest BCUT2D eigenvalue weighted by molar-refractivity contribution is 5.82. The highest BCUT2D eigenvalue weighted by Gasteiger charge is 2.45. The Kier molecular flexibility index (Phi) is 12.7. The normalized spacial score (nSPS) is 20.3. The number of esters is 2. The molecule has 2 rings (SSSR count). The SMILES string of the molecule is CC(C)CCCOC(=O)C(C1CCCCC1)C(C(=O)OCCCC(C)C)C1CCCCC1. The van der Waals surface area contributed by atoms with Crippen molar-refractivity contribution in [1.29, 1.82) is 0 Å². The fourth-order valence-electron chi connectivity index (χ4n) is 5.77. The molecule has 4 nitrogen and oxygen atoms in total. The van der Waals surface area contributed by atoms with Gasteiger partial charge in [0.1, 0.15) is 0 Å². The van der Waals surface area contributed by atoms with Crippen molar-refractivity contribution in [3.63, 3.8) is 0 Å². The Morgan fingerprint density at radius 1 is 0.625 bits per heavy atom. The lowest BCUT2D eigenvalue weighted by Gasteiger charge is -2.38. The van der Waals surface area contributed by atoms with Crippen LogP contribution in [0.2, 0.25) is 0 Å². The van der Waals surface area contributed by atoms with Gasteiger partial charge in [0.2, 0.25) is 0 Å². The summed E-state index contributed by atoms with van der Waals surface area (Å²) in [6.07, 6.45) is 15.2. The summed E-state index contributed by atoms with van der Waals surface area (Å²) < 4.78 is 11.7. The minimum Gasteiger partial charge on any atom is -0.465 e. The third-order valence-corrected chi connectivity index (χ3v) is 7.59. The lowest BCUT2D eigenvalue weighted by molar-refractivity contribution is -0.167. The third-order valence-electron chi connectivity index (χ3n) is 7.59. The maximum Gasteiger partial charge on any atom is 0.310 e. The summed E-state index contributed by atoms with van der Waals surface area (Å²) in [7, 11) is 0. The Morgan fingerprint density at radius 2 is 0.969 bits per heavy atom. The number of ether oxygens (including phenoxy) is 2. The smallest absolute Gasteiger partial charge is 0.310 e. The second-order valence-electron chi connectivity index (χ2n) is 11.3. The summed E-state index contributed by atoms with van der Waals surface area (Å²) >= 11 is 0. The van der Waals surface area contributed by atoms with Crippen LogP contribution < -0.4 is 0 Å². The van der Waals surface area contributed by atoms with E-state index >= 15 is 0 Å². The maximum absolute atomic E-state index is 13.5. The molecular weight excluding hydrogens is 400 g/mol. The van der Waals surface area contributed by atoms with Crippen LogP contribution in [-0.2, 0) is 19.1 Å². The first-order valence-corrected chi connectivity index (χ1v) is 13.7. The van der Waals surface area contributed by atoms with Crippen molar-refractivity contribution in [1.82, 2.24) is 0 Å². The number of carbonyl (C=O) groups is 2. The summed E-state index contributed by atoms with van der Waals surface area (Å²) in [4.78, 5) is 26.9. The van der Waals surface area contributed by atoms with Crippen molar-refractivity contribution in [2.45, 2.75) is 118 Å². The van der Waals surface area contributed by atoms with Gasteiger partial charge in [-0.1, -0.05) is 66.2 Å². The molecule has 186 valence electrons. The predicted octanol–water partition coefficient (Wildman–Crippen LogP) is 7.34. The maximum atomic E-state index is 13.5. The average Bonchev–Trinajstić information content (AvgIpc) is 2.78. The molecule has 0 amide bonds. The molecule has 0 aromatic carbocycles. The largest absolute Gasteiger partial charge is 0.465 e. The minimum absolute atomic E-state index is 0.129. The molecule has 32 heavy (non-hydrogen) atoms. The second kappa shape index (κ2) is 15.0. The lowest BCUT2D eigenvalue weighted by atomic mass is 9.67. The minimum atomic E-state index is -0.324. The summed E-state index contributed by atoms with van der Waals surface area (Å²) in [5.41, 5.74) is 0. The number of carbonyl (C=O) groups excluding carboxylic acids is 2. The van der Waals surface area contributed by atoms with Crippen molar-refractivity contribution >= 4 is 11.9 Å². The van der Waals surface area contributed by atoms with Crippen LogP contribution in [0.5, 0.6) is 0 Å². The molecule has 2 saturated carbocycles. The van der Waals surface area contributed by atoms with E-state index in [1.807, 2.05) is 0 Å². The molecule has 0 aromatic heterocycles. The summed E-state index contributed by atoms with van der Waals surface area (Å²) in [6.45, 7) is 9.73. The Labute approximate surface area is 197 Å². The molecule has 0 heterocycles. The molecule has 0 aliphatic heterocycles. The molecule has 0 N–H and O–H groups in total. The lowest BCUT2D eigenvalue weighted by Crippen LogP contribution is -2.43. The fourth-order valence-corrected chi connectivity index (χ4v) is 5.77. The second-order valence-corrected chi connectivity index (χ2v) is 11.3. The van der Waals surface area contributed by atoms with Crippen molar-refractivity contribution in [3.05, 3.63) is 0 Å². The molecule has 4 heteroatoms. The monoisotopic (exact) mass is 450 g/mol. The number of hydrogen-bond donors (Lipinski definition) is 0. The van der Waals surface area contributed by atoms with Crippen LogP contribution in [0.15, 0.2) is 0 Å². The van der Waals surface area contributed by atoms with Gasteiger partial charge < -0.3 is 9.47 Å². The number of hydrogen-bond acceptors (Lipinski definition) is 4. The zero-order valence-electron chi connectivity index (χ0n) is 21.4. The first kappa shape index (κ1) is 27.2. The van der Waals surface area contributed by atoms with Gasteiger partial charge in [-0.2, -0.15) is 0 Å². The van der Waals surface area contributed by atoms with E-state index in [2.05, 4.69) is 27.7 Å². The molecule has 2 fully saturated rings. The Balaban J connectivity index is 2.14. The van der Waals surface area contributed by atoms with Gasteiger partial charge in [0, 0.05) is 0 Å². The van der Waals surface area contributed by atoms with E-state index in [-0.39, 0.29) is 35.6 Å². The molecule has 2 aliphatic carbocycles. The quantitative estimate of drug-likeness (QED) is 0.218. The van der Waals surface area contributed by atoms with Crippen molar-refractivity contribution < 1.29 is 19.1 Å². The van der Waals surface area contributed by atoms with Crippen molar-refractivity contribution in [3.8, 4) is 0 Å². The molecule has 2 unspecified atom stereocenters. The molecule has 0 radical (unpaired) electrons. The Morgan fingerprint density at radius 3 is 1.28 bits per heavy atom. The highest BCUT2D eigenvalue weighted by atomic mass is 16.5. The van der Waals surface area contributed by atoms with E-state index in [1.54, 1.807) is 0 Å². The van der Waals surface area contributed by atoms with E-state index in [4.69, 9.17) is 9.47 Å². The molecule has 2 aliphatic rings. The molecule has 2 atom stereocenters. The van der Waals surface area contributed by atoms with E-state index in [1.165, 1.54) is 12.8 Å². The Bertz CT molecular complexity index is 482. The Hall–Kier alpha value is -1.06. The van der Waals surface area contributed by atoms with E-state index in [9.17, 15) is 9.59 Å². The van der Waals surface area contributed by atoms with Gasteiger partial charge in [0.25, 0.3) is 0 Å². The number of rotatable bonds is 13. The van der Waals surface area contributed by atoms with Gasteiger partial charge >= 0.3 is 11.9 Å². The van der Waals surface area contributed by atoms with E-state index < -0.39 is 0 Å². The summed E-state index contributed by atoms with van der Waals surface area (Å²) in [5, 5.41) is 0. The van der Waals surface area contributed by atoms with Gasteiger partial charge in [0.05, 0.1) is 25.0 Å². The fraction of sp³-hybridized carbons (Fsp3) is 0.929. The van der Waals surface area contributed by atoms with Gasteiger partial charge in [-0.05, 0) is 75.0 Å². The molecular formula is C28H50O4. The summed E-state index contributed by atoms with van der Waals surface area (Å²) in [5.74, 6) is 0.834. The van der Waals surface area contributed by atoms with Crippen molar-refractivity contribution in [2.24, 2.45) is 35.5 Å².